The van der Waals surface area contributed by atoms with Crippen LogP contribution in [0, 0.1) is 0 Å². The quantitative estimate of drug-likeness (QED) is 0.484. The largest absolute Gasteiger partial charge is 1.00 e. The molecule has 0 aromatic heterocycles. The minimum atomic E-state index is -4.56. The molecule has 21 heavy (non-hydrogen) atoms. The average molecular weight is 356 g/mol. The van der Waals surface area contributed by atoms with Gasteiger partial charge in [-0.05, 0) is 36.4 Å². The van der Waals surface area contributed by atoms with E-state index in [0.717, 1.165) is 12.1 Å². The van der Waals surface area contributed by atoms with Gasteiger partial charge in [0.1, 0.15) is 21.6 Å². The van der Waals surface area contributed by atoms with Crippen molar-refractivity contribution in [1.29, 1.82) is 0 Å². The van der Waals surface area contributed by atoms with Crippen LogP contribution in [0.5, 0.6) is 11.5 Å². The van der Waals surface area contributed by atoms with Gasteiger partial charge in [-0.25, -0.2) is 8.42 Å². The Balaban J connectivity index is 0.00000220. The summed E-state index contributed by atoms with van der Waals surface area (Å²) in [6.45, 7) is 0. The summed E-state index contributed by atoms with van der Waals surface area (Å²) >= 11 is 11.7. The molecule has 0 saturated heterocycles. The molecule has 0 aliphatic rings. The zero-order valence-corrected chi connectivity index (χ0v) is 15.2. The van der Waals surface area contributed by atoms with E-state index in [1.807, 2.05) is 0 Å². The van der Waals surface area contributed by atoms with Crippen molar-refractivity contribution in [1.82, 2.24) is 0 Å². The Kier molecular flexibility index (Phi) is 6.36. The predicted molar refractivity (Wildman–Crippen MR) is 75.4 cm³/mol. The monoisotopic (exact) mass is 355 g/mol. The third-order valence-corrected chi connectivity index (χ3v) is 3.75. The normalized spacial score (nSPS) is 10.8. The summed E-state index contributed by atoms with van der Waals surface area (Å²) in [5.41, 5.74) is 5.66. The van der Waals surface area contributed by atoms with Crippen molar-refractivity contribution >= 4 is 39.0 Å². The zero-order valence-electron chi connectivity index (χ0n) is 10.8. The number of anilines is 1. The molecule has 0 heterocycles. The van der Waals surface area contributed by atoms with E-state index in [9.17, 15) is 13.0 Å². The first-order valence-electron chi connectivity index (χ1n) is 5.26. The van der Waals surface area contributed by atoms with Crippen molar-refractivity contribution in [2.45, 2.75) is 4.90 Å². The van der Waals surface area contributed by atoms with Gasteiger partial charge in [0.05, 0.1) is 15.6 Å². The Morgan fingerprint density at radius 3 is 2.19 bits per heavy atom. The van der Waals surface area contributed by atoms with E-state index < -0.39 is 15.0 Å². The van der Waals surface area contributed by atoms with Gasteiger partial charge >= 0.3 is 29.6 Å². The van der Waals surface area contributed by atoms with Gasteiger partial charge in [0.2, 0.25) is 0 Å². The van der Waals surface area contributed by atoms with Crippen LogP contribution in [-0.4, -0.2) is 13.0 Å². The maximum Gasteiger partial charge on any atom is 1.00 e. The first-order valence-corrected chi connectivity index (χ1v) is 7.42. The number of ether oxygens (including phenoxy) is 1. The summed E-state index contributed by atoms with van der Waals surface area (Å²) in [7, 11) is -4.56. The summed E-state index contributed by atoms with van der Waals surface area (Å²) in [5, 5.41) is 0.723. The second kappa shape index (κ2) is 7.19. The number of hydrogen-bond donors (Lipinski definition) is 1. The van der Waals surface area contributed by atoms with Crippen LogP contribution in [0.3, 0.4) is 0 Å². The van der Waals surface area contributed by atoms with Crippen molar-refractivity contribution in [3.8, 4) is 11.5 Å². The number of benzene rings is 2. The van der Waals surface area contributed by atoms with Gasteiger partial charge in [0.15, 0.2) is 0 Å². The van der Waals surface area contributed by atoms with Crippen molar-refractivity contribution in [2.24, 2.45) is 0 Å². The van der Waals surface area contributed by atoms with Crippen LogP contribution in [0.25, 0.3) is 0 Å². The molecule has 2 N–H and O–H groups in total. The first kappa shape index (κ1) is 18.6. The molecule has 0 atom stereocenters. The van der Waals surface area contributed by atoms with Gasteiger partial charge in [-0.1, -0.05) is 23.2 Å². The van der Waals surface area contributed by atoms with E-state index in [1.54, 1.807) is 12.1 Å². The summed E-state index contributed by atoms with van der Waals surface area (Å²) < 4.78 is 38.0. The van der Waals surface area contributed by atoms with Gasteiger partial charge < -0.3 is 15.0 Å². The second-order valence-corrected chi connectivity index (χ2v) is 6.05. The molecule has 9 heteroatoms. The van der Waals surface area contributed by atoms with Crippen LogP contribution in [0.4, 0.5) is 5.69 Å². The van der Waals surface area contributed by atoms with E-state index in [2.05, 4.69) is 0 Å². The first-order chi connectivity index (χ1) is 9.27. The van der Waals surface area contributed by atoms with E-state index in [1.165, 1.54) is 12.1 Å². The van der Waals surface area contributed by atoms with Crippen LogP contribution in [0.2, 0.25) is 10.0 Å². The van der Waals surface area contributed by atoms with Gasteiger partial charge in [0.25, 0.3) is 0 Å². The van der Waals surface area contributed by atoms with Crippen LogP contribution in [0.1, 0.15) is 0 Å². The molecule has 0 amide bonds. The Morgan fingerprint density at radius 1 is 1.05 bits per heavy atom. The number of nitrogens with two attached hydrogens (primary N) is 1. The second-order valence-electron chi connectivity index (χ2n) is 3.83. The maximum absolute atomic E-state index is 10.9. The molecule has 0 radical (unpaired) electrons. The molecule has 0 aliphatic heterocycles. The van der Waals surface area contributed by atoms with Crippen molar-refractivity contribution < 1.29 is 47.3 Å². The molecule has 2 rings (SSSR count). The molecule has 2 aromatic rings. The summed E-state index contributed by atoms with van der Waals surface area (Å²) in [4.78, 5) is -0.426. The number of rotatable bonds is 3. The fourth-order valence-corrected chi connectivity index (χ4v) is 2.40. The predicted octanol–water partition coefficient (Wildman–Crippen LogP) is 0.276. The van der Waals surface area contributed by atoms with E-state index >= 15 is 0 Å². The molecular formula is C12H8Cl2NNaO4S. The smallest absolute Gasteiger partial charge is 0.744 e. The van der Waals surface area contributed by atoms with Crippen LogP contribution < -0.4 is 40.0 Å². The third kappa shape index (κ3) is 4.75. The number of halogens is 2. The minimum absolute atomic E-state index is 0. The number of nitrogen functional groups attached to an aromatic ring is 1. The molecule has 0 aliphatic carbocycles. The fourth-order valence-electron chi connectivity index (χ4n) is 1.45. The summed E-state index contributed by atoms with van der Waals surface area (Å²) in [5.74, 6) is 0.488. The molecule has 106 valence electrons. The average Bonchev–Trinajstić information content (AvgIpc) is 2.33. The van der Waals surface area contributed by atoms with Gasteiger partial charge in [0, 0.05) is 5.02 Å². The molecule has 2 aromatic carbocycles. The SMILES string of the molecule is Nc1cc(S(=O)(=O)[O-])ccc1Oc1ccc(Cl)cc1Cl.[Na+]. The standard InChI is InChI=1S/C12H9Cl2NO4S.Na/c13-7-1-3-11(9(14)5-7)19-12-4-2-8(6-10(12)15)20(16,17)18;/h1-6H,15H2,(H,16,17,18);/q;+1/p-1. The van der Waals surface area contributed by atoms with E-state index in [4.69, 9.17) is 33.7 Å². The zero-order chi connectivity index (χ0) is 14.9. The van der Waals surface area contributed by atoms with Gasteiger partial charge in [-0.3, -0.25) is 0 Å². The van der Waals surface area contributed by atoms with Crippen molar-refractivity contribution in [2.75, 3.05) is 5.73 Å². The maximum atomic E-state index is 10.9. The fraction of sp³-hybridized carbons (Fsp3) is 0. The Labute approximate surface area is 154 Å². The van der Waals surface area contributed by atoms with Crippen LogP contribution in [-0.2, 0) is 10.1 Å². The minimum Gasteiger partial charge on any atom is -0.744 e. The molecule has 0 spiro atoms. The molecular weight excluding hydrogens is 348 g/mol. The van der Waals surface area contributed by atoms with Crippen LogP contribution in [0.15, 0.2) is 41.3 Å². The van der Waals surface area contributed by atoms with Crippen molar-refractivity contribution in [3.05, 3.63) is 46.4 Å². The number of hydrogen-bond acceptors (Lipinski definition) is 5. The van der Waals surface area contributed by atoms with E-state index in [-0.39, 0.29) is 46.0 Å². The van der Waals surface area contributed by atoms with Gasteiger partial charge in [-0.2, -0.15) is 0 Å². The molecule has 0 bridgehead atoms. The van der Waals surface area contributed by atoms with Gasteiger partial charge in [-0.15, -0.1) is 0 Å². The Morgan fingerprint density at radius 2 is 1.67 bits per heavy atom. The molecule has 0 unspecified atom stereocenters. The topological polar surface area (TPSA) is 92.5 Å². The van der Waals surface area contributed by atoms with Crippen molar-refractivity contribution in [3.63, 3.8) is 0 Å². The Bertz CT molecular complexity index is 768. The van der Waals surface area contributed by atoms with Crippen LogP contribution >= 0.6 is 23.2 Å². The third-order valence-electron chi connectivity index (χ3n) is 2.38. The molecule has 5 nitrogen and oxygen atoms in total. The Hall–Kier alpha value is -0.470. The summed E-state index contributed by atoms with van der Waals surface area (Å²) in [6, 6.07) is 8.04. The molecule has 0 fully saturated rings. The van der Waals surface area contributed by atoms with E-state index in [0.29, 0.717) is 10.8 Å². The molecule has 0 saturated carbocycles. The summed E-state index contributed by atoms with van der Waals surface area (Å²) in [6.07, 6.45) is 0.